The molecule has 0 unspecified atom stereocenters. The average Bonchev–Trinajstić information content (AvgIpc) is 2.63. The van der Waals surface area contributed by atoms with E-state index >= 15 is 0 Å². The number of hydrogen-bond donors (Lipinski definition) is 2. The normalized spacial score (nSPS) is 11.6. The number of hydrogen-bond acceptors (Lipinski definition) is 4. The minimum absolute atomic E-state index is 0.0438. The molecule has 0 atom stereocenters. The summed E-state index contributed by atoms with van der Waals surface area (Å²) in [4.78, 5) is 0.0438. The first kappa shape index (κ1) is 22.1. The van der Waals surface area contributed by atoms with Gasteiger partial charge in [-0.2, -0.15) is 0 Å². The van der Waals surface area contributed by atoms with E-state index in [4.69, 9.17) is 27.9 Å². The molecule has 148 valence electrons. The maximum absolute atomic E-state index is 12.2. The third kappa shape index (κ3) is 8.17. The Morgan fingerprint density at radius 3 is 2.41 bits per heavy atom. The largest absolute Gasteiger partial charge is 0.375 e. The Bertz CT molecular complexity index is 802. The van der Waals surface area contributed by atoms with Gasteiger partial charge >= 0.3 is 0 Å². The van der Waals surface area contributed by atoms with Crippen LogP contribution in [0.15, 0.2) is 53.4 Å². The van der Waals surface area contributed by atoms with Crippen LogP contribution in [-0.4, -0.2) is 34.7 Å². The zero-order valence-electron chi connectivity index (χ0n) is 15.0. The molecule has 2 N–H and O–H groups in total. The van der Waals surface area contributed by atoms with Crippen molar-refractivity contribution in [3.8, 4) is 0 Å². The summed E-state index contributed by atoms with van der Waals surface area (Å²) in [5, 5.41) is 3.80. The second-order valence-corrected chi connectivity index (χ2v) is 8.55. The highest BCUT2D eigenvalue weighted by Gasteiger charge is 2.17. The molecular formula is C19H24Cl2N2O3S. The number of sulfonamides is 1. The Labute approximate surface area is 171 Å². The van der Waals surface area contributed by atoms with Gasteiger partial charge in [-0.05, 0) is 43.1 Å². The van der Waals surface area contributed by atoms with Gasteiger partial charge in [-0.25, -0.2) is 13.1 Å². The summed E-state index contributed by atoms with van der Waals surface area (Å²) in [5.41, 5.74) is 1.16. The second-order valence-electron chi connectivity index (χ2n) is 5.97. The van der Waals surface area contributed by atoms with E-state index in [1.165, 1.54) is 18.2 Å². The third-order valence-electron chi connectivity index (χ3n) is 3.79. The summed E-state index contributed by atoms with van der Waals surface area (Å²) in [7, 11) is -3.62. The highest BCUT2D eigenvalue weighted by atomic mass is 35.5. The van der Waals surface area contributed by atoms with Crippen LogP contribution in [0, 0.1) is 0 Å². The summed E-state index contributed by atoms with van der Waals surface area (Å²) in [6.07, 6.45) is 1.58. The molecule has 8 heteroatoms. The van der Waals surface area contributed by atoms with Crippen LogP contribution in [0.5, 0.6) is 0 Å². The summed E-state index contributed by atoms with van der Waals surface area (Å²) in [5.74, 6) is 0. The Kier molecular flexibility index (Phi) is 9.54. The Hall–Kier alpha value is -1.15. The number of benzene rings is 2. The molecule has 0 fully saturated rings. The van der Waals surface area contributed by atoms with Crippen molar-refractivity contribution in [3.05, 3.63) is 64.1 Å². The van der Waals surface area contributed by atoms with E-state index < -0.39 is 10.0 Å². The van der Waals surface area contributed by atoms with Crippen LogP contribution in [0.1, 0.15) is 18.4 Å². The van der Waals surface area contributed by atoms with Crippen molar-refractivity contribution in [1.29, 1.82) is 0 Å². The number of halogens is 2. The molecule has 0 aliphatic carbocycles. The van der Waals surface area contributed by atoms with E-state index in [0.29, 0.717) is 24.8 Å². The number of ether oxygens (including phenoxy) is 1. The molecule has 0 saturated carbocycles. The Morgan fingerprint density at radius 1 is 0.926 bits per heavy atom. The molecule has 0 aromatic heterocycles. The summed E-state index contributed by atoms with van der Waals surface area (Å²) < 4.78 is 32.6. The zero-order valence-corrected chi connectivity index (χ0v) is 17.3. The van der Waals surface area contributed by atoms with E-state index in [0.717, 1.165) is 31.5 Å². The fourth-order valence-electron chi connectivity index (χ4n) is 2.39. The van der Waals surface area contributed by atoms with E-state index in [1.807, 2.05) is 30.3 Å². The van der Waals surface area contributed by atoms with Gasteiger partial charge in [-0.1, -0.05) is 53.5 Å². The van der Waals surface area contributed by atoms with Gasteiger partial charge in [0.1, 0.15) is 4.90 Å². The predicted molar refractivity (Wildman–Crippen MR) is 110 cm³/mol. The molecule has 0 radical (unpaired) electrons. The maximum atomic E-state index is 12.2. The number of rotatable bonds is 12. The van der Waals surface area contributed by atoms with Crippen molar-refractivity contribution in [1.82, 2.24) is 10.0 Å². The average molecular weight is 431 g/mol. The molecule has 0 bridgehead atoms. The summed E-state index contributed by atoms with van der Waals surface area (Å²) in [6, 6.07) is 14.4. The highest BCUT2D eigenvalue weighted by Crippen LogP contribution is 2.24. The fourth-order valence-corrected chi connectivity index (χ4v) is 4.23. The van der Waals surface area contributed by atoms with Crippen molar-refractivity contribution in [3.63, 3.8) is 0 Å². The smallest absolute Gasteiger partial charge is 0.242 e. The highest BCUT2D eigenvalue weighted by molar-refractivity contribution is 7.89. The van der Waals surface area contributed by atoms with E-state index in [1.54, 1.807) is 0 Å². The van der Waals surface area contributed by atoms with Crippen LogP contribution < -0.4 is 10.0 Å². The van der Waals surface area contributed by atoms with Gasteiger partial charge < -0.3 is 10.1 Å². The van der Waals surface area contributed by atoms with E-state index in [2.05, 4.69) is 10.0 Å². The minimum Gasteiger partial charge on any atom is -0.375 e. The lowest BCUT2D eigenvalue weighted by Gasteiger charge is -2.09. The van der Waals surface area contributed by atoms with Crippen LogP contribution in [0.25, 0.3) is 0 Å². The fraction of sp³-hybridized carbons (Fsp3) is 0.368. The molecule has 2 aromatic carbocycles. The first-order valence-electron chi connectivity index (χ1n) is 8.76. The number of unbranched alkanes of at least 4 members (excludes halogenated alkanes) is 1. The first-order chi connectivity index (χ1) is 13.0. The Morgan fingerprint density at radius 2 is 1.67 bits per heavy atom. The molecule has 0 amide bonds. The van der Waals surface area contributed by atoms with Gasteiger partial charge in [-0.3, -0.25) is 0 Å². The minimum atomic E-state index is -3.62. The quantitative estimate of drug-likeness (QED) is 0.501. The summed E-state index contributed by atoms with van der Waals surface area (Å²) in [6.45, 7) is 3.17. The lowest BCUT2D eigenvalue weighted by Crippen LogP contribution is -2.26. The van der Waals surface area contributed by atoms with Gasteiger partial charge in [0.2, 0.25) is 10.0 Å². The molecule has 2 aromatic rings. The monoisotopic (exact) mass is 430 g/mol. The second kappa shape index (κ2) is 11.6. The molecular weight excluding hydrogens is 407 g/mol. The summed E-state index contributed by atoms with van der Waals surface area (Å²) >= 11 is 11.7. The van der Waals surface area contributed by atoms with Crippen LogP contribution in [0.2, 0.25) is 10.0 Å². The van der Waals surface area contributed by atoms with Crippen LogP contribution >= 0.6 is 23.2 Å². The zero-order chi connectivity index (χ0) is 19.5. The van der Waals surface area contributed by atoms with Crippen LogP contribution in [0.3, 0.4) is 0 Å². The van der Waals surface area contributed by atoms with Crippen molar-refractivity contribution in [2.45, 2.75) is 24.3 Å². The van der Waals surface area contributed by atoms with Crippen LogP contribution in [0.4, 0.5) is 0 Å². The lowest BCUT2D eigenvalue weighted by molar-refractivity contribution is 0.123. The van der Waals surface area contributed by atoms with Gasteiger partial charge in [0.25, 0.3) is 0 Å². The third-order valence-corrected chi connectivity index (χ3v) is 5.97. The molecule has 0 saturated heterocycles. The van der Waals surface area contributed by atoms with Gasteiger partial charge in [0, 0.05) is 18.1 Å². The van der Waals surface area contributed by atoms with Crippen molar-refractivity contribution in [2.24, 2.45) is 0 Å². The van der Waals surface area contributed by atoms with Gasteiger partial charge in [0.05, 0.1) is 18.2 Å². The van der Waals surface area contributed by atoms with Crippen molar-refractivity contribution >= 4 is 33.2 Å². The van der Waals surface area contributed by atoms with E-state index in [9.17, 15) is 8.42 Å². The maximum Gasteiger partial charge on any atom is 0.242 e. The standard InChI is InChI=1S/C19H24Cl2N2O3S/c20-17-8-9-19(18(21)14-17)27(24,25)23-11-5-4-10-22-12-13-26-15-16-6-2-1-3-7-16/h1-3,6-9,14,22-23H,4-5,10-13,15H2. The molecule has 2 rings (SSSR count). The molecule has 27 heavy (non-hydrogen) atoms. The van der Waals surface area contributed by atoms with E-state index in [-0.39, 0.29) is 9.92 Å². The molecule has 0 heterocycles. The van der Waals surface area contributed by atoms with Crippen molar-refractivity contribution < 1.29 is 13.2 Å². The molecule has 0 spiro atoms. The molecule has 0 aliphatic rings. The van der Waals surface area contributed by atoms with Crippen LogP contribution in [-0.2, 0) is 21.4 Å². The SMILES string of the molecule is O=S(=O)(NCCCCNCCOCc1ccccc1)c1ccc(Cl)cc1Cl. The lowest BCUT2D eigenvalue weighted by atomic mass is 10.2. The molecule has 0 aliphatic heterocycles. The predicted octanol–water partition coefficient (Wildman–Crippen LogP) is 3.86. The topological polar surface area (TPSA) is 67.4 Å². The van der Waals surface area contributed by atoms with Crippen molar-refractivity contribution in [2.75, 3.05) is 26.2 Å². The van der Waals surface area contributed by atoms with Gasteiger partial charge in [-0.15, -0.1) is 0 Å². The number of nitrogens with one attached hydrogen (secondary N) is 2. The molecule has 5 nitrogen and oxygen atoms in total. The first-order valence-corrected chi connectivity index (χ1v) is 11.0. The Balaban J connectivity index is 1.53. The van der Waals surface area contributed by atoms with Gasteiger partial charge in [0.15, 0.2) is 0 Å².